The number of nitrogens with one attached hydrogen (secondary N) is 9. The molecule has 0 saturated carbocycles. The van der Waals surface area contributed by atoms with Crippen molar-refractivity contribution in [1.82, 2.24) is 52.8 Å². The van der Waals surface area contributed by atoms with E-state index in [1.54, 1.807) is 13.8 Å². The Morgan fingerprint density at radius 1 is 0.570 bits per heavy atom. The lowest BCUT2D eigenvalue weighted by Gasteiger charge is -2.29. The lowest BCUT2D eigenvalue weighted by Crippen LogP contribution is -2.59. The maximum atomic E-state index is 14.1. The number of aliphatic carboxylic acids is 1. The zero-order chi connectivity index (χ0) is 74.0. The second-order valence-electron chi connectivity index (χ2n) is 23.7. The standard InChI is InChI=1S/C64H108N14O21S/c1-3-42(2)56(62(93)71-39-54(85)74-48(40-79)59(90)75-45(57(65)88)15-13-22-68-64(66)67)77-58(89)46(35-43-17-19-44(81)20-18-43)72-53(84)38-70-61(92)50-16-14-23-78(50)63(94)47(36-55(86)87)76-60(91)49(41-80)73-52(83)37-69-51(82)21-25-96-27-29-98-31-33-99-32-30-97-28-26-95-24-11-9-7-5-4-6-8-10-12-34-100/h17-20,42,45-50,56,79-81,100H,3-16,21-41H2,1-2H3,(H2,65,88)(H,69,82)(H,70,92)(H,71,93)(H,72,84)(H,73,83)(H,74,85)(H,75,90)(H,76,91)(H,77,89)(H,86,87)(H4,66,67,68)/t42-,45-,46-,47-,48-,49-,50-,56-/m0/s1. The number of benzene rings is 1. The van der Waals surface area contributed by atoms with Gasteiger partial charge in [0.25, 0.3) is 0 Å². The van der Waals surface area contributed by atoms with Gasteiger partial charge in [-0.15, -0.1) is 0 Å². The molecule has 0 radical (unpaired) electrons. The zero-order valence-electron chi connectivity index (χ0n) is 57.5. The van der Waals surface area contributed by atoms with Crippen molar-refractivity contribution >= 4 is 89.5 Å². The molecule has 2 rings (SSSR count). The van der Waals surface area contributed by atoms with Crippen LogP contribution in [0.2, 0.25) is 0 Å². The average molecular weight is 1440 g/mol. The number of amides is 11. The summed E-state index contributed by atoms with van der Waals surface area (Å²) in [7, 11) is 0. The van der Waals surface area contributed by atoms with Crippen LogP contribution in [0.3, 0.4) is 0 Å². The lowest BCUT2D eigenvalue weighted by atomic mass is 9.97. The highest BCUT2D eigenvalue weighted by Gasteiger charge is 2.40. The van der Waals surface area contributed by atoms with E-state index in [2.05, 4.69) is 65.5 Å². The molecule has 36 heteroatoms. The van der Waals surface area contributed by atoms with Crippen molar-refractivity contribution in [1.29, 1.82) is 0 Å². The Morgan fingerprint density at radius 2 is 1.05 bits per heavy atom. The number of ether oxygens (including phenoxy) is 5. The van der Waals surface area contributed by atoms with Gasteiger partial charge < -0.3 is 114 Å². The molecule has 0 spiro atoms. The van der Waals surface area contributed by atoms with Gasteiger partial charge >= 0.3 is 5.97 Å². The quantitative estimate of drug-likeness (QED) is 0.0128. The van der Waals surface area contributed by atoms with Crippen LogP contribution in [0.4, 0.5) is 0 Å². The van der Waals surface area contributed by atoms with Crippen molar-refractivity contribution in [2.75, 3.05) is 118 Å². The number of aliphatic imine (C=N–C) groups is 1. The fourth-order valence-corrected chi connectivity index (χ4v) is 10.1. The van der Waals surface area contributed by atoms with E-state index in [9.17, 15) is 78.0 Å². The number of aliphatic hydroxyl groups is 2. The van der Waals surface area contributed by atoms with Gasteiger partial charge in [0.1, 0.15) is 48.0 Å². The van der Waals surface area contributed by atoms with Crippen molar-refractivity contribution in [2.45, 2.75) is 165 Å². The molecule has 1 heterocycles. The van der Waals surface area contributed by atoms with Crippen LogP contribution < -0.4 is 65.1 Å². The van der Waals surface area contributed by atoms with Gasteiger partial charge in [-0.2, -0.15) is 12.6 Å². The number of carbonyl (C=O) groups excluding carboxylic acids is 11. The van der Waals surface area contributed by atoms with Crippen LogP contribution in [-0.4, -0.2) is 262 Å². The summed E-state index contributed by atoms with van der Waals surface area (Å²) in [4.78, 5) is 162. The first-order chi connectivity index (χ1) is 47.9. The molecule has 0 unspecified atom stereocenters. The molecule has 19 N–H and O–H groups in total. The van der Waals surface area contributed by atoms with Crippen LogP contribution in [-0.2, 0) is 87.6 Å². The summed E-state index contributed by atoms with van der Waals surface area (Å²) in [6.45, 7) is 2.89. The number of likely N-dealkylation sites (tertiary alicyclic amines) is 1. The zero-order valence-corrected chi connectivity index (χ0v) is 58.4. The normalized spacial score (nSPS) is 14.7. The van der Waals surface area contributed by atoms with Gasteiger partial charge in [-0.1, -0.05) is 77.3 Å². The van der Waals surface area contributed by atoms with Gasteiger partial charge in [-0.05, 0) is 67.9 Å². The van der Waals surface area contributed by atoms with Gasteiger partial charge in [0.05, 0.1) is 98.7 Å². The number of aromatic hydroxyl groups is 1. The Kier molecular flexibility index (Phi) is 46.6. The molecule has 100 heavy (non-hydrogen) atoms. The predicted molar refractivity (Wildman–Crippen MR) is 366 cm³/mol. The van der Waals surface area contributed by atoms with Crippen molar-refractivity contribution in [3.63, 3.8) is 0 Å². The van der Waals surface area contributed by atoms with Crippen molar-refractivity contribution < 1.29 is 102 Å². The Bertz CT molecular complexity index is 2700. The maximum absolute atomic E-state index is 14.1. The number of carbonyl (C=O) groups is 12. The van der Waals surface area contributed by atoms with E-state index in [1.165, 1.54) is 75.6 Å². The number of phenols is 1. The molecular weight excluding hydrogens is 1330 g/mol. The smallest absolute Gasteiger partial charge is 0.305 e. The van der Waals surface area contributed by atoms with Gasteiger partial charge in [-0.25, -0.2) is 0 Å². The molecular formula is C64H108N14O21S. The fraction of sp³-hybridized carbons (Fsp3) is 0.703. The first-order valence-corrected chi connectivity index (χ1v) is 34.6. The molecule has 1 aliphatic rings. The summed E-state index contributed by atoms with van der Waals surface area (Å²) >= 11 is 4.25. The van der Waals surface area contributed by atoms with Gasteiger partial charge in [-0.3, -0.25) is 62.5 Å². The summed E-state index contributed by atoms with van der Waals surface area (Å²) in [5, 5.41) is 60.8. The number of aliphatic hydroxyl groups excluding tert-OH is 2. The third kappa shape index (κ3) is 39.1. The molecule has 566 valence electrons. The number of thiol groups is 1. The molecule has 0 aliphatic carbocycles. The van der Waals surface area contributed by atoms with Crippen LogP contribution in [0.5, 0.6) is 5.75 Å². The second kappa shape index (κ2) is 52.9. The summed E-state index contributed by atoms with van der Waals surface area (Å²) in [6, 6.07) is -4.86. The summed E-state index contributed by atoms with van der Waals surface area (Å²) in [6.07, 6.45) is 10.6. The number of nitrogens with two attached hydrogens (primary N) is 3. The second-order valence-corrected chi connectivity index (χ2v) is 24.1. The number of hydrogen-bond acceptors (Lipinski definition) is 22. The monoisotopic (exact) mass is 1440 g/mol. The molecule has 35 nitrogen and oxygen atoms in total. The number of carboxylic acids is 1. The largest absolute Gasteiger partial charge is 0.508 e. The van der Waals surface area contributed by atoms with E-state index in [4.69, 9.17) is 40.9 Å². The lowest BCUT2D eigenvalue weighted by molar-refractivity contribution is -0.146. The topological polar surface area (TPSA) is 534 Å². The molecule has 11 amide bonds. The summed E-state index contributed by atoms with van der Waals surface area (Å²) in [5.74, 6) is -11.6. The van der Waals surface area contributed by atoms with Crippen LogP contribution in [0.25, 0.3) is 0 Å². The van der Waals surface area contributed by atoms with Crippen molar-refractivity contribution in [3.05, 3.63) is 29.8 Å². The highest BCUT2D eigenvalue weighted by molar-refractivity contribution is 7.80. The molecule has 1 aromatic carbocycles. The van der Waals surface area contributed by atoms with Gasteiger partial charge in [0.15, 0.2) is 5.96 Å². The fourth-order valence-electron chi connectivity index (χ4n) is 9.90. The van der Waals surface area contributed by atoms with E-state index in [-0.39, 0.29) is 83.1 Å². The summed E-state index contributed by atoms with van der Waals surface area (Å²) < 4.78 is 27.6. The molecule has 0 bridgehead atoms. The van der Waals surface area contributed by atoms with E-state index in [1.807, 2.05) is 0 Å². The van der Waals surface area contributed by atoms with E-state index in [0.29, 0.717) is 51.6 Å². The molecule has 0 aromatic heterocycles. The molecule has 1 saturated heterocycles. The van der Waals surface area contributed by atoms with Gasteiger partial charge in [0.2, 0.25) is 65.0 Å². The number of guanidine groups is 1. The average Bonchev–Trinajstić information content (AvgIpc) is 1.63. The molecule has 1 aromatic rings. The minimum Gasteiger partial charge on any atom is -0.508 e. The maximum Gasteiger partial charge on any atom is 0.305 e. The Labute approximate surface area is 588 Å². The first-order valence-electron chi connectivity index (χ1n) is 33.9. The van der Waals surface area contributed by atoms with Crippen LogP contribution in [0.15, 0.2) is 29.3 Å². The highest BCUT2D eigenvalue weighted by atomic mass is 32.1. The SMILES string of the molecule is CC[C@H](C)[C@H](NC(=O)[C@H](Cc1ccc(O)cc1)NC(=O)CNC(=O)[C@@H]1CCCN1C(=O)[C@H](CC(=O)O)NC(=O)[C@H](CO)NC(=O)CNC(=O)CCOCCOCCOCCOCCOCCCCCCCCCCCS)C(=O)NCC(=O)N[C@@H](CO)C(=O)N[C@@H](CCCN=C(N)N)C(N)=O. The molecule has 1 fully saturated rings. The predicted octanol–water partition coefficient (Wildman–Crippen LogP) is -3.86. The van der Waals surface area contributed by atoms with Crippen LogP contribution in [0, 0.1) is 5.92 Å². The minimum atomic E-state index is -1.83. The van der Waals surface area contributed by atoms with Crippen LogP contribution >= 0.6 is 12.6 Å². The minimum absolute atomic E-state index is 0.0106. The Hall–Kier alpha value is -8.00. The Morgan fingerprint density at radius 3 is 1.56 bits per heavy atom. The van der Waals surface area contributed by atoms with Gasteiger partial charge in [0, 0.05) is 32.5 Å². The van der Waals surface area contributed by atoms with E-state index >= 15 is 0 Å². The third-order valence-corrected chi connectivity index (χ3v) is 15.9. The number of hydrogen-bond donors (Lipinski definition) is 17. The highest BCUT2D eigenvalue weighted by Crippen LogP contribution is 2.20. The Balaban J connectivity index is 1.87. The number of phenolic OH excluding ortho intramolecular Hbond substituents is 1. The number of nitrogens with zero attached hydrogens (tertiary/aromatic N) is 2. The number of unbranched alkanes of at least 4 members (excludes halogenated alkanes) is 8. The van der Waals surface area contributed by atoms with Crippen molar-refractivity contribution in [2.24, 2.45) is 28.1 Å². The van der Waals surface area contributed by atoms with Crippen LogP contribution in [0.1, 0.15) is 122 Å². The number of primary amides is 1. The first kappa shape index (κ1) is 88.1. The third-order valence-electron chi connectivity index (χ3n) is 15.6. The summed E-state index contributed by atoms with van der Waals surface area (Å²) in [5.41, 5.74) is 16.4. The van der Waals surface area contributed by atoms with E-state index < -0.39 is 158 Å². The van der Waals surface area contributed by atoms with E-state index in [0.717, 1.165) is 23.7 Å². The molecule has 8 atom stereocenters. The van der Waals surface area contributed by atoms with Crippen molar-refractivity contribution in [3.8, 4) is 5.75 Å². The molecule has 1 aliphatic heterocycles. The number of carboxylic acid groups (broad SMARTS) is 1. The number of rotatable bonds is 57.